The summed E-state index contributed by atoms with van der Waals surface area (Å²) in [4.78, 5) is 11.7. The zero-order valence-corrected chi connectivity index (χ0v) is 12.1. The zero-order chi connectivity index (χ0) is 15.9. The summed E-state index contributed by atoms with van der Waals surface area (Å²) in [5.41, 5.74) is 0.626. The second-order valence-electron chi connectivity index (χ2n) is 5.15. The number of carbonyl (C=O) groups excluding carboxylic acids is 1. The number of benzene rings is 1. The topological polar surface area (TPSA) is 89.8 Å². The summed E-state index contributed by atoms with van der Waals surface area (Å²) >= 11 is 0. The lowest BCUT2D eigenvalue weighted by Crippen LogP contribution is -2.23. The molecule has 0 spiro atoms. The average Bonchev–Trinajstić information content (AvgIpc) is 2.50. The van der Waals surface area contributed by atoms with Crippen molar-refractivity contribution in [1.82, 2.24) is 5.32 Å². The van der Waals surface area contributed by atoms with E-state index in [9.17, 15) is 20.1 Å². The van der Waals surface area contributed by atoms with Gasteiger partial charge < -0.3 is 20.6 Å². The highest BCUT2D eigenvalue weighted by atomic mass is 16.3. The Morgan fingerprint density at radius 3 is 2.77 bits per heavy atom. The molecule has 2 rings (SSSR count). The van der Waals surface area contributed by atoms with E-state index >= 15 is 0 Å². The van der Waals surface area contributed by atoms with Crippen molar-refractivity contribution >= 4 is 12.0 Å². The van der Waals surface area contributed by atoms with E-state index in [-0.39, 0.29) is 17.4 Å². The number of nitrogens with one attached hydrogen (secondary N) is 1. The van der Waals surface area contributed by atoms with Crippen LogP contribution in [0.5, 0.6) is 11.5 Å². The van der Waals surface area contributed by atoms with Gasteiger partial charge in [0.25, 0.3) is 0 Å². The molecule has 4 N–H and O–H groups in total. The molecule has 1 amide bonds. The van der Waals surface area contributed by atoms with E-state index in [0.717, 1.165) is 12.8 Å². The minimum Gasteiger partial charge on any atom is -0.508 e. The van der Waals surface area contributed by atoms with Crippen molar-refractivity contribution in [2.24, 2.45) is 5.92 Å². The Bertz CT molecular complexity index is 632. The van der Waals surface area contributed by atoms with E-state index in [1.807, 2.05) is 6.08 Å². The first-order chi connectivity index (χ1) is 10.5. The van der Waals surface area contributed by atoms with Gasteiger partial charge in [-0.3, -0.25) is 4.79 Å². The molecule has 0 saturated carbocycles. The molecule has 0 aromatic heterocycles. The molecule has 1 aromatic rings. The first-order valence-electron chi connectivity index (χ1n) is 7.10. The molecule has 0 radical (unpaired) electrons. The highest BCUT2D eigenvalue weighted by Gasteiger charge is 2.08. The normalized spacial score (nSPS) is 17.5. The van der Waals surface area contributed by atoms with E-state index in [2.05, 4.69) is 5.32 Å². The SMILES string of the molecule is O=C(/C=C/c1ccc(O)c(O)c1)NCCC1C=CC(O)=CC1. The maximum Gasteiger partial charge on any atom is 0.243 e. The first-order valence-corrected chi connectivity index (χ1v) is 7.10. The summed E-state index contributed by atoms with van der Waals surface area (Å²) in [6.07, 6.45) is 9.91. The maximum absolute atomic E-state index is 11.7. The van der Waals surface area contributed by atoms with Gasteiger partial charge in [0.1, 0.15) is 5.76 Å². The van der Waals surface area contributed by atoms with Gasteiger partial charge in [-0.15, -0.1) is 0 Å². The Balaban J connectivity index is 1.74. The summed E-state index contributed by atoms with van der Waals surface area (Å²) in [7, 11) is 0. The van der Waals surface area contributed by atoms with Gasteiger partial charge in [0.15, 0.2) is 11.5 Å². The van der Waals surface area contributed by atoms with Crippen LogP contribution in [0.3, 0.4) is 0 Å². The molecule has 0 aliphatic heterocycles. The number of aromatic hydroxyl groups is 2. The van der Waals surface area contributed by atoms with Crippen molar-refractivity contribution in [2.45, 2.75) is 12.8 Å². The van der Waals surface area contributed by atoms with Crippen LogP contribution < -0.4 is 5.32 Å². The van der Waals surface area contributed by atoms with Crippen molar-refractivity contribution in [2.75, 3.05) is 6.54 Å². The predicted molar refractivity (Wildman–Crippen MR) is 84.4 cm³/mol. The lowest BCUT2D eigenvalue weighted by Gasteiger charge is -2.13. The van der Waals surface area contributed by atoms with Gasteiger partial charge in [-0.05, 0) is 54.7 Å². The molecule has 5 nitrogen and oxygen atoms in total. The molecule has 1 unspecified atom stereocenters. The van der Waals surface area contributed by atoms with Gasteiger partial charge in [0.05, 0.1) is 0 Å². The number of aliphatic hydroxyl groups is 1. The molecular formula is C17H19NO4. The van der Waals surface area contributed by atoms with Crippen molar-refractivity contribution in [3.63, 3.8) is 0 Å². The molecule has 0 bridgehead atoms. The van der Waals surface area contributed by atoms with Crippen LogP contribution in [0.1, 0.15) is 18.4 Å². The number of rotatable bonds is 5. The van der Waals surface area contributed by atoms with Crippen molar-refractivity contribution in [1.29, 1.82) is 0 Å². The minimum absolute atomic E-state index is 0.192. The molecular weight excluding hydrogens is 282 g/mol. The van der Waals surface area contributed by atoms with Gasteiger partial charge >= 0.3 is 0 Å². The van der Waals surface area contributed by atoms with Crippen LogP contribution in [-0.2, 0) is 4.79 Å². The number of phenolic OH excluding ortho intramolecular Hbond substituents is 2. The van der Waals surface area contributed by atoms with Crippen LogP contribution in [0, 0.1) is 5.92 Å². The number of hydrogen-bond donors (Lipinski definition) is 4. The quantitative estimate of drug-likeness (QED) is 0.497. The zero-order valence-electron chi connectivity index (χ0n) is 12.1. The Hall–Kier alpha value is -2.69. The standard InChI is InChI=1S/C17H19NO4/c19-14-5-1-12(2-6-14)9-10-18-17(22)8-4-13-3-7-15(20)16(21)11-13/h1,3-8,11-12,19-21H,2,9-10H2,(H,18,22)/b8-4+. The van der Waals surface area contributed by atoms with E-state index in [4.69, 9.17) is 0 Å². The molecule has 0 heterocycles. The number of hydrogen-bond acceptors (Lipinski definition) is 4. The van der Waals surface area contributed by atoms with Gasteiger partial charge in [0.2, 0.25) is 5.91 Å². The Morgan fingerprint density at radius 1 is 1.27 bits per heavy atom. The third-order valence-electron chi connectivity index (χ3n) is 3.41. The van der Waals surface area contributed by atoms with E-state index in [1.54, 1.807) is 24.3 Å². The highest BCUT2D eigenvalue weighted by Crippen LogP contribution is 2.25. The fourth-order valence-electron chi connectivity index (χ4n) is 2.12. The summed E-state index contributed by atoms with van der Waals surface area (Å²) in [5, 5.41) is 30.6. The molecule has 1 atom stereocenters. The number of phenols is 2. The monoisotopic (exact) mass is 301 g/mol. The van der Waals surface area contributed by atoms with Crippen molar-refractivity contribution in [3.05, 3.63) is 53.8 Å². The lowest BCUT2D eigenvalue weighted by molar-refractivity contribution is -0.116. The lowest BCUT2D eigenvalue weighted by atomic mass is 9.97. The molecule has 1 aromatic carbocycles. The molecule has 1 aliphatic rings. The fraction of sp³-hybridized carbons (Fsp3) is 0.235. The highest BCUT2D eigenvalue weighted by molar-refractivity contribution is 5.91. The summed E-state index contributed by atoms with van der Waals surface area (Å²) < 4.78 is 0. The first kappa shape index (κ1) is 15.7. The van der Waals surface area contributed by atoms with Crippen LogP contribution in [0.4, 0.5) is 0 Å². The summed E-state index contributed by atoms with van der Waals surface area (Å²) in [6, 6.07) is 4.35. The van der Waals surface area contributed by atoms with Crippen LogP contribution >= 0.6 is 0 Å². The second-order valence-corrected chi connectivity index (χ2v) is 5.15. The van der Waals surface area contributed by atoms with Gasteiger partial charge in [-0.1, -0.05) is 12.1 Å². The van der Waals surface area contributed by atoms with E-state index in [1.165, 1.54) is 18.2 Å². The average molecular weight is 301 g/mol. The molecule has 22 heavy (non-hydrogen) atoms. The van der Waals surface area contributed by atoms with Gasteiger partial charge in [-0.2, -0.15) is 0 Å². The molecule has 5 heteroatoms. The summed E-state index contributed by atoms with van der Waals surface area (Å²) in [5.74, 6) is -0.00878. The third-order valence-corrected chi connectivity index (χ3v) is 3.41. The van der Waals surface area contributed by atoms with Gasteiger partial charge in [0, 0.05) is 12.6 Å². The number of amides is 1. The van der Waals surface area contributed by atoms with Crippen molar-refractivity contribution in [3.8, 4) is 11.5 Å². The minimum atomic E-state index is -0.219. The number of allylic oxidation sites excluding steroid dienone is 3. The second kappa shape index (κ2) is 7.36. The summed E-state index contributed by atoms with van der Waals surface area (Å²) in [6.45, 7) is 0.549. The molecule has 0 saturated heterocycles. The van der Waals surface area contributed by atoms with Gasteiger partial charge in [-0.25, -0.2) is 0 Å². The largest absolute Gasteiger partial charge is 0.508 e. The maximum atomic E-state index is 11.7. The van der Waals surface area contributed by atoms with Crippen LogP contribution in [0.2, 0.25) is 0 Å². The van der Waals surface area contributed by atoms with E-state index < -0.39 is 0 Å². The Kier molecular flexibility index (Phi) is 5.25. The number of aliphatic hydroxyl groups excluding tert-OH is 1. The molecule has 116 valence electrons. The fourth-order valence-corrected chi connectivity index (χ4v) is 2.12. The molecule has 1 aliphatic carbocycles. The molecule has 0 fully saturated rings. The smallest absolute Gasteiger partial charge is 0.243 e. The number of carbonyl (C=O) groups is 1. The Morgan fingerprint density at radius 2 is 2.09 bits per heavy atom. The van der Waals surface area contributed by atoms with Crippen LogP contribution in [-0.4, -0.2) is 27.8 Å². The Labute approximate surface area is 128 Å². The van der Waals surface area contributed by atoms with E-state index in [0.29, 0.717) is 23.8 Å². The third kappa shape index (κ3) is 4.70. The predicted octanol–water partition coefficient (Wildman–Crippen LogP) is 2.64. The van der Waals surface area contributed by atoms with Crippen LogP contribution in [0.15, 0.2) is 48.3 Å². The van der Waals surface area contributed by atoms with Crippen LogP contribution in [0.25, 0.3) is 6.08 Å². The van der Waals surface area contributed by atoms with Crippen molar-refractivity contribution < 1.29 is 20.1 Å².